The van der Waals surface area contributed by atoms with E-state index in [4.69, 9.17) is 9.47 Å². The molecule has 0 N–H and O–H groups in total. The summed E-state index contributed by atoms with van der Waals surface area (Å²) in [6.45, 7) is 2.93. The fourth-order valence-corrected chi connectivity index (χ4v) is 6.37. The lowest BCUT2D eigenvalue weighted by Gasteiger charge is -2.32. The lowest BCUT2D eigenvalue weighted by Crippen LogP contribution is -2.48. The Morgan fingerprint density at radius 2 is 1.58 bits per heavy atom. The van der Waals surface area contributed by atoms with Crippen molar-refractivity contribution >= 4 is 10.0 Å². The van der Waals surface area contributed by atoms with E-state index in [9.17, 15) is 8.42 Å². The van der Waals surface area contributed by atoms with E-state index in [0.29, 0.717) is 18.8 Å². The van der Waals surface area contributed by atoms with Crippen LogP contribution in [0.15, 0.2) is 83.8 Å². The number of hydrogen-bond acceptors (Lipinski definition) is 5. The van der Waals surface area contributed by atoms with Crippen LogP contribution in [-0.4, -0.2) is 50.0 Å². The standard InChI is InChI=1S/C26H28N2O4S/c1-31-23-13-11-22(12-14-23)18-28-20-26(32-24-9-5-6-10-25(24)33(28,29)30)15-16-27(19-26)17-21-7-3-2-4-8-21/h2-14H,15-20H2,1H3. The molecule has 2 aliphatic heterocycles. The Morgan fingerprint density at radius 3 is 2.33 bits per heavy atom. The molecule has 5 rings (SSSR count). The first-order valence-electron chi connectivity index (χ1n) is 11.1. The van der Waals surface area contributed by atoms with Crippen LogP contribution in [0, 0.1) is 0 Å². The monoisotopic (exact) mass is 464 g/mol. The summed E-state index contributed by atoms with van der Waals surface area (Å²) in [5.41, 5.74) is 1.56. The normalized spacial score (nSPS) is 22.5. The molecule has 0 aliphatic carbocycles. The Labute approximate surface area is 195 Å². The van der Waals surface area contributed by atoms with Gasteiger partial charge >= 0.3 is 0 Å². The predicted molar refractivity (Wildman–Crippen MR) is 127 cm³/mol. The Bertz CT molecular complexity index is 1210. The Balaban J connectivity index is 1.46. The first-order valence-corrected chi connectivity index (χ1v) is 12.6. The van der Waals surface area contributed by atoms with Crippen molar-refractivity contribution in [3.8, 4) is 11.5 Å². The molecule has 1 atom stereocenters. The minimum atomic E-state index is -3.71. The van der Waals surface area contributed by atoms with E-state index >= 15 is 0 Å². The molecular formula is C26H28N2O4S. The minimum absolute atomic E-state index is 0.233. The minimum Gasteiger partial charge on any atom is -0.497 e. The van der Waals surface area contributed by atoms with E-state index in [2.05, 4.69) is 17.0 Å². The van der Waals surface area contributed by atoms with Gasteiger partial charge in [0.1, 0.15) is 22.0 Å². The summed E-state index contributed by atoms with van der Waals surface area (Å²) in [6.07, 6.45) is 0.767. The molecule has 1 saturated heterocycles. The highest BCUT2D eigenvalue weighted by atomic mass is 32.2. The smallest absolute Gasteiger partial charge is 0.247 e. The first-order chi connectivity index (χ1) is 16.0. The van der Waals surface area contributed by atoms with Gasteiger partial charge in [-0.3, -0.25) is 4.90 Å². The Kier molecular flexibility index (Phi) is 5.86. The molecule has 1 unspecified atom stereocenters. The molecule has 3 aromatic rings. The largest absolute Gasteiger partial charge is 0.497 e. The van der Waals surface area contributed by atoms with Crippen LogP contribution in [0.4, 0.5) is 0 Å². The lowest BCUT2D eigenvalue weighted by atomic mass is 10.0. The van der Waals surface area contributed by atoms with Crippen LogP contribution < -0.4 is 9.47 Å². The molecule has 7 heteroatoms. The second kappa shape index (κ2) is 8.82. The highest BCUT2D eigenvalue weighted by Gasteiger charge is 2.47. The van der Waals surface area contributed by atoms with Crippen molar-refractivity contribution in [1.29, 1.82) is 0 Å². The van der Waals surface area contributed by atoms with E-state index in [1.165, 1.54) is 5.56 Å². The fourth-order valence-electron chi connectivity index (χ4n) is 4.75. The first kappa shape index (κ1) is 21.9. The van der Waals surface area contributed by atoms with Gasteiger partial charge in [0.05, 0.1) is 13.7 Å². The SMILES string of the molecule is COc1ccc(CN2CC3(CCN(Cc4ccccc4)C3)Oc3ccccc3S2(=O)=O)cc1. The van der Waals surface area contributed by atoms with E-state index in [0.717, 1.165) is 30.8 Å². The van der Waals surface area contributed by atoms with Crippen LogP contribution in [0.25, 0.3) is 0 Å². The van der Waals surface area contributed by atoms with Gasteiger partial charge in [0, 0.05) is 32.6 Å². The number of sulfonamides is 1. The van der Waals surface area contributed by atoms with Gasteiger partial charge in [-0.2, -0.15) is 4.31 Å². The molecule has 2 heterocycles. The third-order valence-corrected chi connectivity index (χ3v) is 8.25. The second-order valence-electron chi connectivity index (χ2n) is 8.80. The molecule has 0 radical (unpaired) electrons. The third kappa shape index (κ3) is 4.49. The van der Waals surface area contributed by atoms with Crippen LogP contribution in [0.1, 0.15) is 17.5 Å². The van der Waals surface area contributed by atoms with Gasteiger partial charge in [0.2, 0.25) is 10.0 Å². The van der Waals surface area contributed by atoms with Crippen molar-refractivity contribution < 1.29 is 17.9 Å². The molecule has 2 aliphatic rings. The lowest BCUT2D eigenvalue weighted by molar-refractivity contribution is 0.0570. The zero-order chi connectivity index (χ0) is 22.9. The number of methoxy groups -OCH3 is 1. The molecular weight excluding hydrogens is 436 g/mol. The molecule has 1 fully saturated rings. The zero-order valence-electron chi connectivity index (χ0n) is 18.7. The number of hydrogen-bond donors (Lipinski definition) is 0. The van der Waals surface area contributed by atoms with Gasteiger partial charge in [0.15, 0.2) is 0 Å². The fraction of sp³-hybridized carbons (Fsp3) is 0.308. The van der Waals surface area contributed by atoms with Crippen molar-refractivity contribution in [1.82, 2.24) is 9.21 Å². The summed E-state index contributed by atoms with van der Waals surface area (Å²) in [5, 5.41) is 0. The van der Waals surface area contributed by atoms with Crippen molar-refractivity contribution in [3.05, 3.63) is 90.0 Å². The van der Waals surface area contributed by atoms with Crippen molar-refractivity contribution in [2.45, 2.75) is 30.0 Å². The number of rotatable bonds is 5. The quantitative estimate of drug-likeness (QED) is 0.573. The van der Waals surface area contributed by atoms with E-state index in [-0.39, 0.29) is 11.4 Å². The zero-order valence-corrected chi connectivity index (χ0v) is 19.5. The maximum atomic E-state index is 13.7. The van der Waals surface area contributed by atoms with Crippen LogP contribution in [0.5, 0.6) is 11.5 Å². The second-order valence-corrected chi connectivity index (χ2v) is 10.7. The Hall–Kier alpha value is -2.87. The van der Waals surface area contributed by atoms with Crippen molar-refractivity contribution in [3.63, 3.8) is 0 Å². The molecule has 33 heavy (non-hydrogen) atoms. The molecule has 1 spiro atoms. The molecule has 3 aromatic carbocycles. The molecule has 6 nitrogen and oxygen atoms in total. The molecule has 0 amide bonds. The molecule has 0 aromatic heterocycles. The van der Waals surface area contributed by atoms with E-state index in [1.54, 1.807) is 29.6 Å². The number of fused-ring (bicyclic) bond motifs is 1. The summed E-state index contributed by atoms with van der Waals surface area (Å²) < 4.78 is 40.7. The van der Waals surface area contributed by atoms with Crippen LogP contribution in [-0.2, 0) is 23.1 Å². The molecule has 0 bridgehead atoms. The number of benzene rings is 3. The van der Waals surface area contributed by atoms with Gasteiger partial charge in [-0.1, -0.05) is 54.6 Å². The topological polar surface area (TPSA) is 59.1 Å². The van der Waals surface area contributed by atoms with Crippen LogP contribution in [0.2, 0.25) is 0 Å². The highest BCUT2D eigenvalue weighted by molar-refractivity contribution is 7.89. The van der Waals surface area contributed by atoms with E-state index in [1.807, 2.05) is 48.5 Å². The maximum Gasteiger partial charge on any atom is 0.247 e. The van der Waals surface area contributed by atoms with Gasteiger partial charge in [-0.15, -0.1) is 0 Å². The third-order valence-electron chi connectivity index (χ3n) is 6.42. The van der Waals surface area contributed by atoms with Crippen LogP contribution >= 0.6 is 0 Å². The van der Waals surface area contributed by atoms with Crippen molar-refractivity contribution in [2.75, 3.05) is 26.7 Å². The van der Waals surface area contributed by atoms with Crippen molar-refractivity contribution in [2.24, 2.45) is 0 Å². The maximum absolute atomic E-state index is 13.7. The average molecular weight is 465 g/mol. The summed E-state index contributed by atoms with van der Waals surface area (Å²) in [4.78, 5) is 2.58. The summed E-state index contributed by atoms with van der Waals surface area (Å²) in [6, 6.07) is 24.9. The van der Waals surface area contributed by atoms with Gasteiger partial charge in [-0.05, 0) is 35.4 Å². The molecule has 0 saturated carbocycles. The Morgan fingerprint density at radius 1 is 0.879 bits per heavy atom. The highest BCUT2D eigenvalue weighted by Crippen LogP contribution is 2.39. The number of para-hydroxylation sites is 1. The van der Waals surface area contributed by atoms with Gasteiger partial charge < -0.3 is 9.47 Å². The summed E-state index contributed by atoms with van der Waals surface area (Å²) in [5.74, 6) is 1.19. The number of ether oxygens (including phenoxy) is 2. The number of likely N-dealkylation sites (tertiary alicyclic amines) is 1. The van der Waals surface area contributed by atoms with E-state index < -0.39 is 15.6 Å². The summed E-state index contributed by atoms with van der Waals surface area (Å²) in [7, 11) is -2.10. The molecule has 172 valence electrons. The summed E-state index contributed by atoms with van der Waals surface area (Å²) >= 11 is 0. The van der Waals surface area contributed by atoms with Gasteiger partial charge in [0.25, 0.3) is 0 Å². The van der Waals surface area contributed by atoms with Crippen LogP contribution in [0.3, 0.4) is 0 Å². The predicted octanol–water partition coefficient (Wildman–Crippen LogP) is 3.92. The number of nitrogens with zero attached hydrogens (tertiary/aromatic N) is 2. The average Bonchev–Trinajstić information content (AvgIpc) is 3.18. The van der Waals surface area contributed by atoms with Gasteiger partial charge in [-0.25, -0.2) is 8.42 Å².